The zero-order chi connectivity index (χ0) is 18.2. The van der Waals surface area contributed by atoms with Crippen molar-refractivity contribution in [3.8, 4) is 11.5 Å². The van der Waals surface area contributed by atoms with E-state index >= 15 is 0 Å². The normalized spacial score (nSPS) is 10.6. The molecule has 1 N–H and O–H groups in total. The van der Waals surface area contributed by atoms with Crippen molar-refractivity contribution in [2.24, 2.45) is 5.41 Å². The monoisotopic (exact) mass is 328 g/mol. The van der Waals surface area contributed by atoms with Crippen molar-refractivity contribution in [2.75, 3.05) is 6.61 Å². The average Bonchev–Trinajstić information content (AvgIpc) is 2.52. The molecule has 24 heavy (non-hydrogen) atoms. The highest BCUT2D eigenvalue weighted by Gasteiger charge is 2.21. The third-order valence-electron chi connectivity index (χ3n) is 3.97. The molecule has 0 aliphatic rings. The smallest absolute Gasteiger partial charge is 0.135 e. The van der Waals surface area contributed by atoms with Crippen LogP contribution in [0, 0.1) is 19.3 Å². The van der Waals surface area contributed by atoms with Crippen LogP contribution in [0.4, 0.5) is 0 Å². The van der Waals surface area contributed by atoms with Gasteiger partial charge in [0.05, 0.1) is 0 Å². The van der Waals surface area contributed by atoms with Gasteiger partial charge < -0.3 is 9.84 Å². The van der Waals surface area contributed by atoms with Crippen LogP contribution >= 0.6 is 0 Å². The standard InChI is InChI=1S/C14H14O.C7H14O2/c1-11-3-7-13(8-4-11)15-14-9-5-12(2)6-10-14;1-6(9)7(2,3)4-5-8/h3-10H,1-2H3;8H,4-5H2,1-3H3. The molecule has 0 aromatic heterocycles. The molecule has 0 heterocycles. The molecule has 0 saturated heterocycles. The van der Waals surface area contributed by atoms with Crippen LogP contribution in [0.5, 0.6) is 11.5 Å². The van der Waals surface area contributed by atoms with Crippen molar-refractivity contribution in [3.63, 3.8) is 0 Å². The highest BCUT2D eigenvalue weighted by Crippen LogP contribution is 2.21. The summed E-state index contributed by atoms with van der Waals surface area (Å²) in [6, 6.07) is 16.1. The number of aliphatic hydroxyl groups excluding tert-OH is 1. The molecule has 0 unspecified atom stereocenters. The number of hydrogen-bond donors (Lipinski definition) is 1. The topological polar surface area (TPSA) is 46.5 Å². The van der Waals surface area contributed by atoms with Crippen LogP contribution < -0.4 is 4.74 Å². The van der Waals surface area contributed by atoms with Gasteiger partial charge in [0.25, 0.3) is 0 Å². The zero-order valence-corrected chi connectivity index (χ0v) is 15.3. The van der Waals surface area contributed by atoms with E-state index < -0.39 is 0 Å². The number of hydrogen-bond acceptors (Lipinski definition) is 3. The first kappa shape index (κ1) is 19.9. The number of aliphatic hydroxyl groups is 1. The summed E-state index contributed by atoms with van der Waals surface area (Å²) >= 11 is 0. The van der Waals surface area contributed by atoms with Gasteiger partial charge in [-0.05, 0) is 51.5 Å². The summed E-state index contributed by atoms with van der Waals surface area (Å²) in [6.45, 7) is 9.45. The Morgan fingerprint density at radius 1 is 0.917 bits per heavy atom. The molecule has 0 fully saturated rings. The fraction of sp³-hybridized carbons (Fsp3) is 0.381. The van der Waals surface area contributed by atoms with Crippen molar-refractivity contribution < 1.29 is 14.6 Å². The molecule has 3 nitrogen and oxygen atoms in total. The number of carbonyl (C=O) groups is 1. The molecule has 0 spiro atoms. The van der Waals surface area contributed by atoms with Crippen molar-refractivity contribution in [1.29, 1.82) is 0 Å². The minimum atomic E-state index is -0.339. The van der Waals surface area contributed by atoms with Gasteiger partial charge in [0.2, 0.25) is 0 Å². The first-order chi connectivity index (χ1) is 11.2. The summed E-state index contributed by atoms with van der Waals surface area (Å²) in [5.41, 5.74) is 2.15. The van der Waals surface area contributed by atoms with Gasteiger partial charge >= 0.3 is 0 Å². The van der Waals surface area contributed by atoms with E-state index in [-0.39, 0.29) is 17.8 Å². The number of carbonyl (C=O) groups excluding carboxylic acids is 1. The molecule has 2 aromatic carbocycles. The highest BCUT2D eigenvalue weighted by atomic mass is 16.5. The largest absolute Gasteiger partial charge is 0.457 e. The number of rotatable bonds is 5. The lowest BCUT2D eigenvalue weighted by molar-refractivity contribution is -0.125. The van der Waals surface area contributed by atoms with Crippen LogP contribution in [0.15, 0.2) is 48.5 Å². The number of Topliss-reactive ketones (excluding diaryl/α,β-unsaturated/α-hetero) is 1. The maximum atomic E-state index is 10.7. The Morgan fingerprint density at radius 2 is 1.29 bits per heavy atom. The summed E-state index contributed by atoms with van der Waals surface area (Å²) in [6.07, 6.45) is 0.558. The van der Waals surface area contributed by atoms with Crippen LogP contribution in [-0.4, -0.2) is 17.5 Å². The molecule has 0 amide bonds. The van der Waals surface area contributed by atoms with Crippen molar-refractivity contribution in [2.45, 2.75) is 41.0 Å². The van der Waals surface area contributed by atoms with Gasteiger partial charge in [0.1, 0.15) is 17.3 Å². The average molecular weight is 328 g/mol. The van der Waals surface area contributed by atoms with Gasteiger partial charge in [-0.2, -0.15) is 0 Å². The zero-order valence-electron chi connectivity index (χ0n) is 15.3. The first-order valence-corrected chi connectivity index (χ1v) is 8.17. The second-order valence-electron chi connectivity index (χ2n) is 6.64. The molecule has 0 atom stereocenters. The predicted molar refractivity (Wildman–Crippen MR) is 98.6 cm³/mol. The van der Waals surface area contributed by atoms with E-state index in [9.17, 15) is 4.79 Å². The first-order valence-electron chi connectivity index (χ1n) is 8.17. The van der Waals surface area contributed by atoms with E-state index in [1.54, 1.807) is 6.92 Å². The number of ether oxygens (including phenoxy) is 1. The molecule has 2 rings (SSSR count). The van der Waals surface area contributed by atoms with E-state index in [1.165, 1.54) is 11.1 Å². The summed E-state index contributed by atoms with van der Waals surface area (Å²) < 4.78 is 5.69. The number of benzene rings is 2. The fourth-order valence-corrected chi connectivity index (χ4v) is 1.80. The molecule has 0 saturated carbocycles. The SMILES string of the molecule is CC(=O)C(C)(C)CCO.Cc1ccc(Oc2ccc(C)cc2)cc1. The molecular weight excluding hydrogens is 300 g/mol. The Labute approximate surface area is 145 Å². The number of ketones is 1. The maximum absolute atomic E-state index is 10.7. The van der Waals surface area contributed by atoms with E-state index in [1.807, 2.05) is 62.4 Å². The molecule has 3 heteroatoms. The van der Waals surface area contributed by atoms with Crippen molar-refractivity contribution in [3.05, 3.63) is 59.7 Å². The Hall–Kier alpha value is -2.13. The number of aryl methyl sites for hydroxylation is 2. The van der Waals surface area contributed by atoms with E-state index in [4.69, 9.17) is 9.84 Å². The summed E-state index contributed by atoms with van der Waals surface area (Å²) in [4.78, 5) is 10.7. The Morgan fingerprint density at radius 3 is 1.54 bits per heavy atom. The Kier molecular flexibility index (Phi) is 7.66. The lowest BCUT2D eigenvalue weighted by Crippen LogP contribution is -2.22. The van der Waals surface area contributed by atoms with E-state index in [2.05, 4.69) is 13.8 Å². The van der Waals surface area contributed by atoms with Gasteiger partial charge in [-0.3, -0.25) is 4.79 Å². The molecule has 0 radical (unpaired) electrons. The van der Waals surface area contributed by atoms with Crippen molar-refractivity contribution in [1.82, 2.24) is 0 Å². The third-order valence-corrected chi connectivity index (χ3v) is 3.97. The molecule has 0 bridgehead atoms. The summed E-state index contributed by atoms with van der Waals surface area (Å²) in [7, 11) is 0. The Balaban J connectivity index is 0.000000277. The minimum Gasteiger partial charge on any atom is -0.457 e. The summed E-state index contributed by atoms with van der Waals surface area (Å²) in [5, 5.41) is 8.50. The van der Waals surface area contributed by atoms with Gasteiger partial charge in [0, 0.05) is 12.0 Å². The molecule has 2 aromatic rings. The highest BCUT2D eigenvalue weighted by molar-refractivity contribution is 5.81. The molecule has 130 valence electrons. The predicted octanol–water partition coefficient (Wildman–Crippen LogP) is 5.08. The lowest BCUT2D eigenvalue weighted by Gasteiger charge is -2.18. The Bertz CT molecular complexity index is 582. The van der Waals surface area contributed by atoms with Crippen molar-refractivity contribution >= 4 is 5.78 Å². The van der Waals surface area contributed by atoms with E-state index in [0.29, 0.717) is 6.42 Å². The third kappa shape index (κ3) is 6.97. The lowest BCUT2D eigenvalue weighted by atomic mass is 9.86. The van der Waals surface area contributed by atoms with Gasteiger partial charge in [-0.1, -0.05) is 49.2 Å². The maximum Gasteiger partial charge on any atom is 0.135 e. The second kappa shape index (κ2) is 9.24. The van der Waals surface area contributed by atoms with Crippen LogP contribution in [0.25, 0.3) is 0 Å². The fourth-order valence-electron chi connectivity index (χ4n) is 1.80. The van der Waals surface area contributed by atoms with Crippen LogP contribution in [-0.2, 0) is 4.79 Å². The van der Waals surface area contributed by atoms with Gasteiger partial charge in [-0.15, -0.1) is 0 Å². The molecule has 0 aliphatic carbocycles. The van der Waals surface area contributed by atoms with Gasteiger partial charge in [0.15, 0.2) is 0 Å². The van der Waals surface area contributed by atoms with Crippen LogP contribution in [0.2, 0.25) is 0 Å². The second-order valence-corrected chi connectivity index (χ2v) is 6.64. The van der Waals surface area contributed by atoms with Crippen LogP contribution in [0.1, 0.15) is 38.3 Å². The molecular formula is C21H28O3. The minimum absolute atomic E-state index is 0.0899. The van der Waals surface area contributed by atoms with Gasteiger partial charge in [-0.25, -0.2) is 0 Å². The van der Waals surface area contributed by atoms with Crippen LogP contribution in [0.3, 0.4) is 0 Å². The quantitative estimate of drug-likeness (QED) is 0.832. The molecule has 0 aliphatic heterocycles. The summed E-state index contributed by atoms with van der Waals surface area (Å²) in [5.74, 6) is 1.89. The van der Waals surface area contributed by atoms with E-state index in [0.717, 1.165) is 11.5 Å².